The second kappa shape index (κ2) is 7.74. The minimum Gasteiger partial charge on any atom is -0.375 e. The van der Waals surface area contributed by atoms with Gasteiger partial charge in [0.25, 0.3) is 0 Å². The van der Waals surface area contributed by atoms with E-state index < -0.39 is 0 Å². The number of carbonyl (C=O) groups excluding carboxylic acids is 1. The van der Waals surface area contributed by atoms with E-state index in [2.05, 4.69) is 19.2 Å². The Morgan fingerprint density at radius 1 is 1.39 bits per heavy atom. The van der Waals surface area contributed by atoms with E-state index in [4.69, 9.17) is 10.5 Å². The molecule has 1 rings (SSSR count). The van der Waals surface area contributed by atoms with Gasteiger partial charge in [0.1, 0.15) is 0 Å². The van der Waals surface area contributed by atoms with Gasteiger partial charge in [-0.05, 0) is 45.1 Å². The summed E-state index contributed by atoms with van der Waals surface area (Å²) in [6, 6.07) is 0.282. The highest BCUT2D eigenvalue weighted by molar-refractivity contribution is 5.76. The van der Waals surface area contributed by atoms with Crippen molar-refractivity contribution in [2.75, 3.05) is 13.2 Å². The number of amides is 1. The van der Waals surface area contributed by atoms with Crippen LogP contribution in [-0.4, -0.2) is 30.7 Å². The summed E-state index contributed by atoms with van der Waals surface area (Å²) in [5, 5.41) is 3.14. The van der Waals surface area contributed by atoms with Crippen molar-refractivity contribution >= 4 is 5.91 Å². The largest absolute Gasteiger partial charge is 0.375 e. The van der Waals surface area contributed by atoms with Crippen molar-refractivity contribution in [2.24, 2.45) is 5.73 Å². The Labute approximate surface area is 111 Å². The van der Waals surface area contributed by atoms with Gasteiger partial charge in [-0.3, -0.25) is 4.79 Å². The molecule has 1 heterocycles. The van der Waals surface area contributed by atoms with E-state index in [-0.39, 0.29) is 17.6 Å². The maximum atomic E-state index is 11.8. The van der Waals surface area contributed by atoms with Crippen LogP contribution in [0, 0.1) is 0 Å². The van der Waals surface area contributed by atoms with Crippen LogP contribution in [0.3, 0.4) is 0 Å². The number of nitrogens with two attached hydrogens (primary N) is 1. The van der Waals surface area contributed by atoms with Crippen LogP contribution >= 0.6 is 0 Å². The summed E-state index contributed by atoms with van der Waals surface area (Å²) in [7, 11) is 0. The third-order valence-corrected chi connectivity index (χ3v) is 4.00. The second-order valence-electron chi connectivity index (χ2n) is 5.24. The van der Waals surface area contributed by atoms with Gasteiger partial charge in [0.05, 0.1) is 5.60 Å². The molecule has 3 N–H and O–H groups in total. The molecule has 1 amide bonds. The minimum absolute atomic E-state index is 0.0204. The number of hydrogen-bond donors (Lipinski definition) is 2. The summed E-state index contributed by atoms with van der Waals surface area (Å²) < 4.78 is 5.91. The third kappa shape index (κ3) is 4.58. The molecule has 1 atom stereocenters. The van der Waals surface area contributed by atoms with Gasteiger partial charge in [-0.25, -0.2) is 0 Å². The predicted molar refractivity (Wildman–Crippen MR) is 73.3 cm³/mol. The van der Waals surface area contributed by atoms with Gasteiger partial charge in [-0.1, -0.05) is 13.8 Å². The molecule has 0 aromatic carbocycles. The highest BCUT2D eigenvalue weighted by Gasteiger charge is 2.34. The third-order valence-electron chi connectivity index (χ3n) is 4.00. The fourth-order valence-corrected chi connectivity index (χ4v) is 2.62. The van der Waals surface area contributed by atoms with E-state index in [1.165, 1.54) is 0 Å². The van der Waals surface area contributed by atoms with Crippen LogP contribution in [0.15, 0.2) is 0 Å². The van der Waals surface area contributed by atoms with Crippen LogP contribution in [0.2, 0.25) is 0 Å². The van der Waals surface area contributed by atoms with E-state index >= 15 is 0 Å². The quantitative estimate of drug-likeness (QED) is 0.684. The zero-order valence-corrected chi connectivity index (χ0v) is 11.8. The van der Waals surface area contributed by atoms with Gasteiger partial charge < -0.3 is 15.8 Å². The van der Waals surface area contributed by atoms with Crippen molar-refractivity contribution in [1.29, 1.82) is 0 Å². The lowest BCUT2D eigenvalue weighted by Gasteiger charge is -2.40. The van der Waals surface area contributed by atoms with Crippen LogP contribution in [-0.2, 0) is 9.53 Å². The average molecular weight is 256 g/mol. The van der Waals surface area contributed by atoms with E-state index in [0.717, 1.165) is 45.1 Å². The summed E-state index contributed by atoms with van der Waals surface area (Å²) in [4.78, 5) is 11.8. The molecule has 1 saturated heterocycles. The number of nitrogens with one attached hydrogen (secondary N) is 1. The summed E-state index contributed by atoms with van der Waals surface area (Å²) in [6.07, 6.45) is 6.33. The highest BCUT2D eigenvalue weighted by Crippen LogP contribution is 2.31. The molecule has 0 bridgehead atoms. The molecule has 0 aromatic rings. The number of carbonyl (C=O) groups is 1. The Bertz CT molecular complexity index is 252. The predicted octanol–water partition coefficient (Wildman–Crippen LogP) is 1.97. The zero-order chi connectivity index (χ0) is 13.4. The lowest BCUT2D eigenvalue weighted by atomic mass is 9.86. The molecule has 0 radical (unpaired) electrons. The first-order valence-electron chi connectivity index (χ1n) is 7.29. The Morgan fingerprint density at radius 3 is 2.72 bits per heavy atom. The Morgan fingerprint density at radius 2 is 2.11 bits per heavy atom. The van der Waals surface area contributed by atoms with Crippen LogP contribution in [0.5, 0.6) is 0 Å². The number of rotatable bonds is 7. The molecule has 4 nitrogen and oxygen atoms in total. The molecule has 0 aromatic heterocycles. The van der Waals surface area contributed by atoms with Crippen molar-refractivity contribution in [2.45, 2.75) is 70.4 Å². The maximum Gasteiger partial charge on any atom is 0.220 e. The smallest absolute Gasteiger partial charge is 0.220 e. The van der Waals surface area contributed by atoms with Gasteiger partial charge in [0.15, 0.2) is 0 Å². The van der Waals surface area contributed by atoms with Crippen LogP contribution in [0.1, 0.15) is 58.8 Å². The second-order valence-corrected chi connectivity index (χ2v) is 5.24. The number of hydrogen-bond acceptors (Lipinski definition) is 3. The van der Waals surface area contributed by atoms with Gasteiger partial charge in [-0.15, -0.1) is 0 Å². The normalized spacial score (nSPS) is 22.7. The molecule has 106 valence electrons. The summed E-state index contributed by atoms with van der Waals surface area (Å²) in [5.74, 6) is 0.163. The van der Waals surface area contributed by atoms with E-state index in [1.54, 1.807) is 0 Å². The van der Waals surface area contributed by atoms with E-state index in [1.807, 2.05) is 0 Å². The standard InChI is InChI=1S/C14H28N2O2/c1-3-14(4-2)11-12(8-10-18-14)16-13(17)7-5-6-9-15/h12H,3-11,15H2,1-2H3,(H,16,17). The topological polar surface area (TPSA) is 64.4 Å². The SMILES string of the molecule is CCC1(CC)CC(NC(=O)CCCCN)CCO1. The summed E-state index contributed by atoms with van der Waals surface area (Å²) >= 11 is 0. The first kappa shape index (κ1) is 15.4. The van der Waals surface area contributed by atoms with Crippen LogP contribution < -0.4 is 11.1 Å². The van der Waals surface area contributed by atoms with Crippen molar-refractivity contribution in [1.82, 2.24) is 5.32 Å². The monoisotopic (exact) mass is 256 g/mol. The van der Waals surface area contributed by atoms with Crippen molar-refractivity contribution < 1.29 is 9.53 Å². The first-order chi connectivity index (χ1) is 8.65. The van der Waals surface area contributed by atoms with Gasteiger partial charge in [0, 0.05) is 19.1 Å². The molecule has 1 unspecified atom stereocenters. The minimum atomic E-state index is -0.0204. The molecular weight excluding hydrogens is 228 g/mol. The van der Waals surface area contributed by atoms with Crippen molar-refractivity contribution in [3.05, 3.63) is 0 Å². The first-order valence-corrected chi connectivity index (χ1v) is 7.29. The summed E-state index contributed by atoms with van der Waals surface area (Å²) in [6.45, 7) is 5.75. The van der Waals surface area contributed by atoms with Gasteiger partial charge in [0.2, 0.25) is 5.91 Å². The molecular formula is C14H28N2O2. The lowest BCUT2D eigenvalue weighted by molar-refractivity contribution is -0.126. The molecule has 18 heavy (non-hydrogen) atoms. The molecule has 1 aliphatic heterocycles. The molecule has 0 saturated carbocycles. The fraction of sp³-hybridized carbons (Fsp3) is 0.929. The van der Waals surface area contributed by atoms with E-state index in [9.17, 15) is 4.79 Å². The van der Waals surface area contributed by atoms with Crippen LogP contribution in [0.4, 0.5) is 0 Å². The Balaban J connectivity index is 2.35. The lowest BCUT2D eigenvalue weighted by Crippen LogP contribution is -2.48. The Kier molecular flexibility index (Phi) is 6.65. The highest BCUT2D eigenvalue weighted by atomic mass is 16.5. The van der Waals surface area contributed by atoms with Crippen LogP contribution in [0.25, 0.3) is 0 Å². The van der Waals surface area contributed by atoms with Crippen molar-refractivity contribution in [3.8, 4) is 0 Å². The Hall–Kier alpha value is -0.610. The van der Waals surface area contributed by atoms with Gasteiger partial charge >= 0.3 is 0 Å². The van der Waals surface area contributed by atoms with E-state index in [0.29, 0.717) is 13.0 Å². The molecule has 1 fully saturated rings. The average Bonchev–Trinajstić information content (AvgIpc) is 2.39. The maximum absolute atomic E-state index is 11.8. The molecule has 4 heteroatoms. The number of unbranched alkanes of at least 4 members (excludes halogenated alkanes) is 1. The zero-order valence-electron chi connectivity index (χ0n) is 11.8. The van der Waals surface area contributed by atoms with Gasteiger partial charge in [-0.2, -0.15) is 0 Å². The number of ether oxygens (including phenoxy) is 1. The molecule has 0 spiro atoms. The van der Waals surface area contributed by atoms with Crippen molar-refractivity contribution in [3.63, 3.8) is 0 Å². The summed E-state index contributed by atoms with van der Waals surface area (Å²) in [5.41, 5.74) is 5.40. The molecule has 1 aliphatic rings. The fourth-order valence-electron chi connectivity index (χ4n) is 2.62. The molecule has 0 aliphatic carbocycles.